The van der Waals surface area contributed by atoms with Gasteiger partial charge in [-0.1, -0.05) is 12.1 Å². The molecule has 0 radical (unpaired) electrons. The van der Waals surface area contributed by atoms with E-state index in [0.29, 0.717) is 29.6 Å². The van der Waals surface area contributed by atoms with Crippen molar-refractivity contribution >= 4 is 22.8 Å². The molecule has 2 aliphatic rings. The molecule has 2 unspecified atom stereocenters. The van der Waals surface area contributed by atoms with Crippen molar-refractivity contribution in [3.8, 4) is 0 Å². The predicted octanol–water partition coefficient (Wildman–Crippen LogP) is 2.12. The summed E-state index contributed by atoms with van der Waals surface area (Å²) in [7, 11) is 0. The fourth-order valence-electron chi connectivity index (χ4n) is 4.95. The number of aromatic nitrogens is 2. The highest BCUT2D eigenvalue weighted by Gasteiger charge is 2.51. The molecule has 148 valence electrons. The Balaban J connectivity index is 1.58. The Labute approximate surface area is 166 Å². The Morgan fingerprint density at radius 3 is 2.86 bits per heavy atom. The minimum Gasteiger partial charge on any atom is -0.356 e. The molecule has 2 amide bonds. The topological polar surface area (TPSA) is 117 Å². The highest BCUT2D eigenvalue weighted by molar-refractivity contribution is 5.94. The van der Waals surface area contributed by atoms with Crippen LogP contribution in [0.4, 0.5) is 0 Å². The first-order chi connectivity index (χ1) is 14.1. The summed E-state index contributed by atoms with van der Waals surface area (Å²) < 4.78 is 4.80. The molecular formula is C21H20N4O4. The second kappa shape index (κ2) is 6.66. The molecule has 5 rings (SSSR count). The molecular weight excluding hydrogens is 372 g/mol. The summed E-state index contributed by atoms with van der Waals surface area (Å²) in [5, 5.41) is 19.7. The van der Waals surface area contributed by atoms with Gasteiger partial charge in [0.2, 0.25) is 5.91 Å². The van der Waals surface area contributed by atoms with Gasteiger partial charge in [0.1, 0.15) is 11.0 Å². The molecule has 0 bridgehead atoms. The normalized spacial score (nSPS) is 23.2. The Morgan fingerprint density at radius 2 is 2.07 bits per heavy atom. The fraction of sp³-hybridized carbons (Fsp3) is 0.333. The van der Waals surface area contributed by atoms with Crippen LogP contribution in [-0.2, 0) is 17.6 Å². The van der Waals surface area contributed by atoms with Crippen molar-refractivity contribution in [2.75, 3.05) is 6.54 Å². The lowest BCUT2D eigenvalue weighted by Crippen LogP contribution is -2.41. The number of aryl methyl sites for hydroxylation is 1. The third kappa shape index (κ3) is 2.79. The van der Waals surface area contributed by atoms with Crippen molar-refractivity contribution in [3.05, 3.63) is 58.7 Å². The van der Waals surface area contributed by atoms with Crippen molar-refractivity contribution in [2.45, 2.75) is 31.6 Å². The molecule has 1 aliphatic carbocycles. The number of carbonyl (C=O) groups excluding carboxylic acids is 2. The number of hydrogen-bond acceptors (Lipinski definition) is 6. The summed E-state index contributed by atoms with van der Waals surface area (Å²) >= 11 is 0. The molecule has 1 aliphatic heterocycles. The van der Waals surface area contributed by atoms with Crippen LogP contribution < -0.4 is 10.8 Å². The minimum atomic E-state index is -0.535. The van der Waals surface area contributed by atoms with Crippen molar-refractivity contribution in [2.24, 2.45) is 5.41 Å². The summed E-state index contributed by atoms with van der Waals surface area (Å²) in [6.07, 6.45) is 2.92. The monoisotopic (exact) mass is 392 g/mol. The first kappa shape index (κ1) is 17.8. The van der Waals surface area contributed by atoms with Gasteiger partial charge >= 0.3 is 0 Å². The van der Waals surface area contributed by atoms with Crippen molar-refractivity contribution in [1.29, 1.82) is 0 Å². The van der Waals surface area contributed by atoms with Gasteiger partial charge in [0, 0.05) is 18.0 Å². The Bertz CT molecular complexity index is 1120. The van der Waals surface area contributed by atoms with Gasteiger partial charge in [0.25, 0.3) is 5.91 Å². The zero-order valence-electron chi connectivity index (χ0n) is 15.6. The number of amides is 2. The number of rotatable bonds is 3. The Hall–Kier alpha value is -3.26. The molecule has 2 aromatic carbocycles. The highest BCUT2D eigenvalue weighted by Crippen LogP contribution is 2.51. The first-order valence-corrected chi connectivity index (χ1v) is 9.67. The molecule has 8 heteroatoms. The van der Waals surface area contributed by atoms with E-state index in [4.69, 9.17) is 9.84 Å². The SMILES string of the molecule is O=C(NO)c1ccc2c(c1)CCC1(CCNC1=O)C2Cc1ccc2nonc2c1. The van der Waals surface area contributed by atoms with E-state index in [1.54, 1.807) is 11.5 Å². The maximum absolute atomic E-state index is 12.9. The summed E-state index contributed by atoms with van der Waals surface area (Å²) in [5.41, 5.74) is 6.22. The standard InChI is InChI=1S/C21H20N4O4/c26-19(23-28)14-2-3-15-13(11-14)5-6-21(7-8-22-20(21)27)16(15)9-12-1-4-17-18(10-12)25-29-24-17/h1-4,10-11,16,28H,5-9H2,(H,22,27)(H,23,26). The molecule has 1 fully saturated rings. The van der Waals surface area contributed by atoms with Gasteiger partial charge in [-0.05, 0) is 77.0 Å². The molecule has 29 heavy (non-hydrogen) atoms. The smallest absolute Gasteiger partial charge is 0.274 e. The second-order valence-electron chi connectivity index (χ2n) is 7.86. The molecule has 1 aromatic heterocycles. The van der Waals surface area contributed by atoms with Crippen LogP contribution >= 0.6 is 0 Å². The van der Waals surface area contributed by atoms with Gasteiger partial charge in [0.05, 0.1) is 5.41 Å². The molecule has 1 spiro atoms. The molecule has 2 atom stereocenters. The number of nitrogens with one attached hydrogen (secondary N) is 2. The van der Waals surface area contributed by atoms with Crippen molar-refractivity contribution in [1.82, 2.24) is 21.1 Å². The Kier molecular flexibility index (Phi) is 4.09. The van der Waals surface area contributed by atoms with Crippen molar-refractivity contribution < 1.29 is 19.4 Å². The molecule has 3 aromatic rings. The fourth-order valence-corrected chi connectivity index (χ4v) is 4.95. The molecule has 3 N–H and O–H groups in total. The van der Waals surface area contributed by atoms with Crippen LogP contribution in [-0.4, -0.2) is 33.9 Å². The third-order valence-electron chi connectivity index (χ3n) is 6.46. The lowest BCUT2D eigenvalue weighted by Gasteiger charge is -2.41. The van der Waals surface area contributed by atoms with Gasteiger partial charge in [-0.3, -0.25) is 14.8 Å². The number of benzene rings is 2. The maximum Gasteiger partial charge on any atom is 0.274 e. The van der Waals surface area contributed by atoms with Crippen LogP contribution in [0.5, 0.6) is 0 Å². The van der Waals surface area contributed by atoms with Crippen molar-refractivity contribution in [3.63, 3.8) is 0 Å². The average molecular weight is 392 g/mol. The average Bonchev–Trinajstić information content (AvgIpc) is 3.36. The lowest BCUT2D eigenvalue weighted by molar-refractivity contribution is -0.129. The quantitative estimate of drug-likeness (QED) is 0.464. The van der Waals surface area contributed by atoms with Gasteiger partial charge in [-0.25, -0.2) is 10.1 Å². The van der Waals surface area contributed by atoms with Crippen LogP contribution in [0, 0.1) is 5.41 Å². The van der Waals surface area contributed by atoms with Gasteiger partial charge in [-0.2, -0.15) is 0 Å². The van der Waals surface area contributed by atoms with Crippen LogP contribution in [0.1, 0.15) is 45.8 Å². The van der Waals surface area contributed by atoms with Crippen LogP contribution in [0.15, 0.2) is 41.0 Å². The van der Waals surface area contributed by atoms with E-state index >= 15 is 0 Å². The first-order valence-electron chi connectivity index (χ1n) is 9.67. The van der Waals surface area contributed by atoms with Crippen LogP contribution in [0.3, 0.4) is 0 Å². The van der Waals surface area contributed by atoms with E-state index in [9.17, 15) is 9.59 Å². The van der Waals surface area contributed by atoms with E-state index < -0.39 is 11.3 Å². The molecule has 8 nitrogen and oxygen atoms in total. The number of fused-ring (bicyclic) bond motifs is 2. The number of hydrogen-bond donors (Lipinski definition) is 3. The molecule has 2 heterocycles. The maximum atomic E-state index is 12.9. The summed E-state index contributed by atoms with van der Waals surface area (Å²) in [5.74, 6) is -0.445. The number of nitrogens with zero attached hydrogens (tertiary/aromatic N) is 2. The third-order valence-corrected chi connectivity index (χ3v) is 6.46. The van der Waals surface area contributed by atoms with Gasteiger partial charge < -0.3 is 5.32 Å². The van der Waals surface area contributed by atoms with Crippen LogP contribution in [0.2, 0.25) is 0 Å². The van der Waals surface area contributed by atoms with E-state index in [1.807, 2.05) is 30.3 Å². The van der Waals surface area contributed by atoms with Crippen LogP contribution in [0.25, 0.3) is 11.0 Å². The van der Waals surface area contributed by atoms with Gasteiger partial charge in [-0.15, -0.1) is 0 Å². The molecule has 0 saturated carbocycles. The largest absolute Gasteiger partial charge is 0.356 e. The zero-order chi connectivity index (χ0) is 20.0. The van der Waals surface area contributed by atoms with E-state index in [1.165, 1.54) is 0 Å². The van der Waals surface area contributed by atoms with E-state index in [0.717, 1.165) is 36.0 Å². The minimum absolute atomic E-state index is 0.0164. The van der Waals surface area contributed by atoms with E-state index in [-0.39, 0.29) is 11.8 Å². The van der Waals surface area contributed by atoms with Gasteiger partial charge in [0.15, 0.2) is 0 Å². The summed E-state index contributed by atoms with van der Waals surface area (Å²) in [6, 6.07) is 11.3. The summed E-state index contributed by atoms with van der Waals surface area (Å²) in [6.45, 7) is 0.682. The highest BCUT2D eigenvalue weighted by atomic mass is 16.6. The zero-order valence-corrected chi connectivity index (χ0v) is 15.6. The number of carbonyl (C=O) groups is 2. The predicted molar refractivity (Wildman–Crippen MR) is 102 cm³/mol. The lowest BCUT2D eigenvalue weighted by atomic mass is 9.61. The number of hydroxylamine groups is 1. The second-order valence-corrected chi connectivity index (χ2v) is 7.86. The van der Waals surface area contributed by atoms with E-state index in [2.05, 4.69) is 15.6 Å². The summed E-state index contributed by atoms with van der Waals surface area (Å²) in [4.78, 5) is 24.7. The Morgan fingerprint density at radius 1 is 1.21 bits per heavy atom. The molecule has 1 saturated heterocycles.